The Morgan fingerprint density at radius 2 is 2.00 bits per heavy atom. The van der Waals surface area contributed by atoms with E-state index in [-0.39, 0.29) is 25.3 Å². The highest BCUT2D eigenvalue weighted by Gasteiger charge is 2.18. The minimum absolute atomic E-state index is 0.0564. The van der Waals surface area contributed by atoms with Gasteiger partial charge in [-0.15, -0.1) is 0 Å². The van der Waals surface area contributed by atoms with E-state index >= 15 is 0 Å². The summed E-state index contributed by atoms with van der Waals surface area (Å²) >= 11 is 0. The van der Waals surface area contributed by atoms with E-state index in [4.69, 9.17) is 4.74 Å². The fraction of sp³-hybridized carbons (Fsp3) is 0.889. The molecule has 0 unspecified atom stereocenters. The molecule has 0 saturated carbocycles. The second kappa shape index (κ2) is 7.59. The molecule has 16 heavy (non-hydrogen) atoms. The highest BCUT2D eigenvalue weighted by Crippen LogP contribution is 2.00. The number of carbonyl (C=O) groups excluding carboxylic acids is 1. The molecule has 0 heterocycles. The lowest BCUT2D eigenvalue weighted by Gasteiger charge is -2.16. The second-order valence-electron chi connectivity index (χ2n) is 3.16. The number of methoxy groups -OCH3 is 1. The predicted octanol–water partition coefficient (Wildman–Crippen LogP) is -0.152. The van der Waals surface area contributed by atoms with E-state index in [0.717, 1.165) is 4.31 Å². The van der Waals surface area contributed by atoms with Crippen molar-refractivity contribution in [1.29, 1.82) is 0 Å². The van der Waals surface area contributed by atoms with E-state index in [0.29, 0.717) is 6.61 Å². The van der Waals surface area contributed by atoms with Crippen LogP contribution in [0.25, 0.3) is 0 Å². The Hall–Kier alpha value is -0.660. The number of esters is 1. The zero-order chi connectivity index (χ0) is 12.6. The molecule has 0 radical (unpaired) electrons. The first-order valence-electron chi connectivity index (χ1n) is 5.02. The monoisotopic (exact) mass is 253 g/mol. The molecule has 0 atom stereocenters. The number of carbonyl (C=O) groups is 1. The molecule has 0 aromatic carbocycles. The molecular formula is C9H19NO5S. The summed E-state index contributed by atoms with van der Waals surface area (Å²) in [6, 6.07) is 0. The molecule has 0 amide bonds. The van der Waals surface area contributed by atoms with Gasteiger partial charge in [0.25, 0.3) is 0 Å². The van der Waals surface area contributed by atoms with Crippen LogP contribution in [0.2, 0.25) is 0 Å². The topological polar surface area (TPSA) is 72.9 Å². The fourth-order valence-electron chi connectivity index (χ4n) is 0.954. The lowest BCUT2D eigenvalue weighted by Crippen LogP contribution is -2.32. The quantitative estimate of drug-likeness (QED) is 0.444. The molecular weight excluding hydrogens is 234 g/mol. The third kappa shape index (κ3) is 6.04. The fourth-order valence-corrected chi connectivity index (χ4v) is 1.96. The minimum atomic E-state index is -3.34. The van der Waals surface area contributed by atoms with E-state index in [1.54, 1.807) is 6.92 Å². The molecule has 0 rings (SSSR count). The van der Waals surface area contributed by atoms with Crippen LogP contribution in [0.4, 0.5) is 0 Å². The Morgan fingerprint density at radius 1 is 1.38 bits per heavy atom. The molecule has 0 aliphatic rings. The Morgan fingerprint density at radius 3 is 2.50 bits per heavy atom. The summed E-state index contributed by atoms with van der Waals surface area (Å²) < 4.78 is 33.7. The summed E-state index contributed by atoms with van der Waals surface area (Å²) in [5, 5.41) is 0. The van der Waals surface area contributed by atoms with E-state index in [1.165, 1.54) is 14.2 Å². The molecule has 0 spiro atoms. The van der Waals surface area contributed by atoms with Gasteiger partial charge < -0.3 is 9.47 Å². The number of nitrogens with zero attached hydrogens (tertiary/aromatic N) is 1. The Balaban J connectivity index is 4.04. The van der Waals surface area contributed by atoms with Crippen LogP contribution in [0.5, 0.6) is 0 Å². The summed E-state index contributed by atoms with van der Waals surface area (Å²) in [6.45, 7) is 2.58. The molecule has 0 aliphatic heterocycles. The molecule has 96 valence electrons. The molecule has 0 bridgehead atoms. The normalized spacial score (nSPS) is 11.8. The van der Waals surface area contributed by atoms with Gasteiger partial charge in [-0.2, -0.15) is 0 Å². The summed E-state index contributed by atoms with van der Waals surface area (Å²) in [5.41, 5.74) is 0. The van der Waals surface area contributed by atoms with E-state index in [1.807, 2.05) is 0 Å². The van der Waals surface area contributed by atoms with Crippen molar-refractivity contribution < 1.29 is 22.7 Å². The Kier molecular flexibility index (Phi) is 7.27. The van der Waals surface area contributed by atoms with Gasteiger partial charge in [0.05, 0.1) is 25.9 Å². The van der Waals surface area contributed by atoms with Crippen molar-refractivity contribution in [2.24, 2.45) is 0 Å². The average molecular weight is 253 g/mol. The third-order valence-electron chi connectivity index (χ3n) is 2.02. The standard InChI is InChI=1S/C9H19NO5S/c1-4-15-7-8-16(12,13)10(2)6-5-9(11)14-3/h4-8H2,1-3H3. The zero-order valence-corrected chi connectivity index (χ0v) is 10.7. The minimum Gasteiger partial charge on any atom is -0.469 e. The molecule has 0 saturated heterocycles. The van der Waals surface area contributed by atoms with Gasteiger partial charge in [0.15, 0.2) is 0 Å². The van der Waals surface area contributed by atoms with E-state index < -0.39 is 16.0 Å². The van der Waals surface area contributed by atoms with Gasteiger partial charge in [-0.3, -0.25) is 4.79 Å². The average Bonchev–Trinajstić information content (AvgIpc) is 2.25. The van der Waals surface area contributed by atoms with Gasteiger partial charge in [0.1, 0.15) is 0 Å². The van der Waals surface area contributed by atoms with Crippen LogP contribution in [0.3, 0.4) is 0 Å². The van der Waals surface area contributed by atoms with Crippen LogP contribution in [0, 0.1) is 0 Å². The maximum absolute atomic E-state index is 11.6. The Bertz CT molecular complexity index is 301. The first-order valence-corrected chi connectivity index (χ1v) is 6.63. The van der Waals surface area contributed by atoms with Crippen LogP contribution in [-0.2, 0) is 24.3 Å². The highest BCUT2D eigenvalue weighted by molar-refractivity contribution is 7.89. The first-order chi connectivity index (χ1) is 7.44. The predicted molar refractivity (Wildman–Crippen MR) is 59.5 cm³/mol. The number of hydrogen-bond acceptors (Lipinski definition) is 5. The first kappa shape index (κ1) is 15.3. The maximum Gasteiger partial charge on any atom is 0.306 e. The number of rotatable bonds is 8. The van der Waals surface area contributed by atoms with Crippen molar-refractivity contribution >= 4 is 16.0 Å². The van der Waals surface area contributed by atoms with Gasteiger partial charge in [-0.05, 0) is 6.92 Å². The van der Waals surface area contributed by atoms with Crippen LogP contribution in [-0.4, -0.2) is 58.4 Å². The molecule has 0 fully saturated rings. The van der Waals surface area contributed by atoms with Crippen molar-refractivity contribution in [2.75, 3.05) is 39.7 Å². The molecule has 0 N–H and O–H groups in total. The van der Waals surface area contributed by atoms with Gasteiger partial charge in [-0.25, -0.2) is 12.7 Å². The summed E-state index contributed by atoms with van der Waals surface area (Å²) in [6.07, 6.45) is 0.0564. The molecule has 0 aromatic rings. The zero-order valence-electron chi connectivity index (χ0n) is 9.93. The van der Waals surface area contributed by atoms with Gasteiger partial charge >= 0.3 is 5.97 Å². The largest absolute Gasteiger partial charge is 0.469 e. The van der Waals surface area contributed by atoms with Gasteiger partial charge in [0.2, 0.25) is 10.0 Å². The maximum atomic E-state index is 11.6. The van der Waals surface area contributed by atoms with E-state index in [2.05, 4.69) is 4.74 Å². The van der Waals surface area contributed by atoms with E-state index in [9.17, 15) is 13.2 Å². The number of ether oxygens (including phenoxy) is 2. The molecule has 6 nitrogen and oxygen atoms in total. The summed E-state index contributed by atoms with van der Waals surface area (Å²) in [7, 11) is -0.631. The van der Waals surface area contributed by atoms with Crippen LogP contribution in [0.1, 0.15) is 13.3 Å². The van der Waals surface area contributed by atoms with Gasteiger partial charge in [-0.1, -0.05) is 0 Å². The smallest absolute Gasteiger partial charge is 0.306 e. The lowest BCUT2D eigenvalue weighted by molar-refractivity contribution is -0.140. The van der Waals surface area contributed by atoms with Crippen molar-refractivity contribution in [3.63, 3.8) is 0 Å². The molecule has 7 heteroatoms. The van der Waals surface area contributed by atoms with Crippen molar-refractivity contribution in [3.8, 4) is 0 Å². The summed E-state index contributed by atoms with van der Waals surface area (Å²) in [5.74, 6) is -0.495. The van der Waals surface area contributed by atoms with Crippen molar-refractivity contribution in [2.45, 2.75) is 13.3 Å². The van der Waals surface area contributed by atoms with Crippen LogP contribution < -0.4 is 0 Å². The van der Waals surface area contributed by atoms with Crippen LogP contribution in [0.15, 0.2) is 0 Å². The van der Waals surface area contributed by atoms with Gasteiger partial charge in [0, 0.05) is 20.2 Å². The summed E-state index contributed by atoms with van der Waals surface area (Å²) in [4.78, 5) is 10.8. The number of hydrogen-bond donors (Lipinski definition) is 0. The SMILES string of the molecule is CCOCCS(=O)(=O)N(C)CCC(=O)OC. The van der Waals surface area contributed by atoms with Crippen molar-refractivity contribution in [3.05, 3.63) is 0 Å². The van der Waals surface area contributed by atoms with Crippen LogP contribution >= 0.6 is 0 Å². The third-order valence-corrected chi connectivity index (χ3v) is 3.84. The highest BCUT2D eigenvalue weighted by atomic mass is 32.2. The second-order valence-corrected chi connectivity index (χ2v) is 5.36. The van der Waals surface area contributed by atoms with Crippen molar-refractivity contribution in [1.82, 2.24) is 4.31 Å². The number of sulfonamides is 1. The molecule has 0 aliphatic carbocycles. The molecule has 0 aromatic heterocycles. The Labute approximate surface area is 96.6 Å². The lowest BCUT2D eigenvalue weighted by atomic mass is 10.4.